The summed E-state index contributed by atoms with van der Waals surface area (Å²) in [5, 5.41) is 9.15. The minimum Gasteiger partial charge on any atom is -0.493 e. The molecule has 0 fully saturated rings. The lowest BCUT2D eigenvalue weighted by atomic mass is 10.1. The number of hydrogen-bond donors (Lipinski definition) is 0. The van der Waals surface area contributed by atoms with Crippen molar-refractivity contribution in [2.75, 3.05) is 20.3 Å². The van der Waals surface area contributed by atoms with Crippen molar-refractivity contribution in [3.05, 3.63) is 64.7 Å². The van der Waals surface area contributed by atoms with Crippen molar-refractivity contribution < 1.29 is 33.4 Å². The van der Waals surface area contributed by atoms with E-state index in [0.29, 0.717) is 5.56 Å². The van der Waals surface area contributed by atoms with Gasteiger partial charge in [0.15, 0.2) is 11.5 Å². The average Bonchev–Trinajstić information content (AvgIpc) is 3.03. The van der Waals surface area contributed by atoms with Gasteiger partial charge in [-0.1, -0.05) is 18.2 Å². The van der Waals surface area contributed by atoms with E-state index in [1.807, 2.05) is 0 Å². The molecule has 9 nitrogen and oxygen atoms in total. The van der Waals surface area contributed by atoms with Gasteiger partial charge in [-0.2, -0.15) is 5.26 Å². The lowest BCUT2D eigenvalue weighted by Gasteiger charge is -2.14. The van der Waals surface area contributed by atoms with Crippen LogP contribution in [0.4, 0.5) is 0 Å². The average molecular weight is 434 g/mol. The van der Waals surface area contributed by atoms with Gasteiger partial charge in [0, 0.05) is 0 Å². The molecule has 9 heteroatoms. The van der Waals surface area contributed by atoms with Crippen LogP contribution in [-0.2, 0) is 14.3 Å². The van der Waals surface area contributed by atoms with E-state index < -0.39 is 30.3 Å². The van der Waals surface area contributed by atoms with Crippen LogP contribution in [0, 0.1) is 11.3 Å². The molecule has 162 valence electrons. The number of nitrogens with zero attached hydrogens (tertiary/aromatic N) is 2. The first-order chi connectivity index (χ1) is 15.4. The lowest BCUT2D eigenvalue weighted by Crippen LogP contribution is -2.36. The van der Waals surface area contributed by atoms with E-state index in [9.17, 15) is 19.2 Å². The second kappa shape index (κ2) is 9.57. The number of amides is 2. The van der Waals surface area contributed by atoms with Crippen LogP contribution in [0.2, 0.25) is 0 Å². The number of benzene rings is 2. The molecule has 0 saturated carbocycles. The van der Waals surface area contributed by atoms with Gasteiger partial charge in [-0.3, -0.25) is 14.5 Å². The molecule has 1 aliphatic rings. The van der Waals surface area contributed by atoms with Crippen LogP contribution < -0.4 is 9.47 Å². The van der Waals surface area contributed by atoms with Gasteiger partial charge in [0.05, 0.1) is 24.8 Å². The number of fused-ring (bicyclic) bond motifs is 1. The summed E-state index contributed by atoms with van der Waals surface area (Å²) in [5.74, 6) is -2.55. The molecule has 2 aromatic rings. The molecule has 0 aliphatic carbocycles. The monoisotopic (exact) mass is 434 g/mol. The molecule has 1 heterocycles. The van der Waals surface area contributed by atoms with Gasteiger partial charge < -0.3 is 14.2 Å². The van der Waals surface area contributed by atoms with E-state index >= 15 is 0 Å². The van der Waals surface area contributed by atoms with Gasteiger partial charge in [0.2, 0.25) is 0 Å². The number of imide groups is 1. The van der Waals surface area contributed by atoms with Crippen molar-refractivity contribution >= 4 is 29.8 Å². The second-order valence-corrected chi connectivity index (χ2v) is 6.52. The first-order valence-electron chi connectivity index (χ1n) is 9.52. The van der Waals surface area contributed by atoms with E-state index in [1.54, 1.807) is 25.1 Å². The largest absolute Gasteiger partial charge is 0.493 e. The van der Waals surface area contributed by atoms with Gasteiger partial charge in [-0.05, 0) is 42.8 Å². The Morgan fingerprint density at radius 2 is 1.72 bits per heavy atom. The molecule has 0 atom stereocenters. The van der Waals surface area contributed by atoms with E-state index in [1.165, 1.54) is 43.5 Å². The molecule has 0 spiro atoms. The van der Waals surface area contributed by atoms with E-state index in [0.717, 1.165) is 4.90 Å². The fourth-order valence-corrected chi connectivity index (χ4v) is 3.04. The number of rotatable bonds is 7. The van der Waals surface area contributed by atoms with Crippen LogP contribution in [0.5, 0.6) is 11.5 Å². The molecule has 0 bridgehead atoms. The number of methoxy groups -OCH3 is 1. The zero-order valence-electron chi connectivity index (χ0n) is 17.3. The van der Waals surface area contributed by atoms with Gasteiger partial charge in [-0.25, -0.2) is 9.59 Å². The van der Waals surface area contributed by atoms with Crippen molar-refractivity contribution in [2.45, 2.75) is 6.92 Å². The number of carbonyl (C=O) groups is 4. The maximum Gasteiger partial charge on any atom is 0.348 e. The molecule has 2 aromatic carbocycles. The first-order valence-corrected chi connectivity index (χ1v) is 9.52. The summed E-state index contributed by atoms with van der Waals surface area (Å²) in [6.07, 6.45) is 1.31. The fourth-order valence-electron chi connectivity index (χ4n) is 3.04. The van der Waals surface area contributed by atoms with Crippen molar-refractivity contribution in [3.63, 3.8) is 0 Å². The maximum absolute atomic E-state index is 12.4. The molecule has 2 amide bonds. The number of ether oxygens (including phenoxy) is 3. The normalized spacial score (nSPS) is 12.8. The summed E-state index contributed by atoms with van der Waals surface area (Å²) < 4.78 is 15.3. The van der Waals surface area contributed by atoms with Gasteiger partial charge in [0.25, 0.3) is 11.8 Å². The van der Waals surface area contributed by atoms with Gasteiger partial charge in [-0.15, -0.1) is 0 Å². The third-order valence-electron chi connectivity index (χ3n) is 4.50. The third-order valence-corrected chi connectivity index (χ3v) is 4.50. The van der Waals surface area contributed by atoms with Crippen LogP contribution in [0.3, 0.4) is 0 Å². The van der Waals surface area contributed by atoms with Crippen molar-refractivity contribution in [1.82, 2.24) is 4.90 Å². The summed E-state index contributed by atoms with van der Waals surface area (Å²) in [6.45, 7) is 1.18. The Balaban J connectivity index is 1.75. The number of nitriles is 1. The minimum atomic E-state index is -0.842. The zero-order chi connectivity index (χ0) is 23.3. The molecule has 32 heavy (non-hydrogen) atoms. The highest BCUT2D eigenvalue weighted by Gasteiger charge is 2.36. The predicted molar refractivity (Wildman–Crippen MR) is 111 cm³/mol. The van der Waals surface area contributed by atoms with Crippen molar-refractivity contribution in [2.24, 2.45) is 0 Å². The van der Waals surface area contributed by atoms with Crippen molar-refractivity contribution in [3.8, 4) is 17.6 Å². The van der Waals surface area contributed by atoms with Crippen LogP contribution in [0.25, 0.3) is 6.08 Å². The second-order valence-electron chi connectivity index (χ2n) is 6.52. The fraction of sp³-hybridized carbons (Fsp3) is 0.174. The Bertz CT molecular complexity index is 1140. The summed E-state index contributed by atoms with van der Waals surface area (Å²) >= 11 is 0. The van der Waals surface area contributed by atoms with Gasteiger partial charge in [0.1, 0.15) is 18.2 Å². The SMILES string of the molecule is CCOC(=O)/C(C#N)=C/c1ccc(OC(=O)CN2C(=O)c3ccccc3C2=O)c(OC)c1. The highest BCUT2D eigenvalue weighted by molar-refractivity contribution is 6.22. The minimum absolute atomic E-state index is 0.0425. The molecule has 0 radical (unpaired) electrons. The van der Waals surface area contributed by atoms with E-state index in [-0.39, 0.29) is 34.8 Å². The topological polar surface area (TPSA) is 123 Å². The summed E-state index contributed by atoms with van der Waals surface area (Å²) in [5.41, 5.74) is 0.693. The zero-order valence-corrected chi connectivity index (χ0v) is 17.3. The first kappa shape index (κ1) is 22.2. The summed E-state index contributed by atoms with van der Waals surface area (Å²) in [7, 11) is 1.35. The van der Waals surface area contributed by atoms with Gasteiger partial charge >= 0.3 is 11.9 Å². The standard InChI is InChI=1S/C23H18N2O7/c1-3-31-23(29)15(12-24)10-14-8-9-18(19(11-14)30-2)32-20(26)13-25-21(27)16-6-4-5-7-17(16)22(25)28/h4-11H,3,13H2,1-2H3/b15-10+. The van der Waals surface area contributed by atoms with Crippen LogP contribution in [-0.4, -0.2) is 48.9 Å². The molecule has 0 aromatic heterocycles. The van der Waals surface area contributed by atoms with Crippen LogP contribution >= 0.6 is 0 Å². The Morgan fingerprint density at radius 3 is 2.28 bits per heavy atom. The molecule has 0 N–H and O–H groups in total. The van der Waals surface area contributed by atoms with E-state index in [4.69, 9.17) is 19.5 Å². The summed E-state index contributed by atoms with van der Waals surface area (Å²) in [6, 6.07) is 12.4. The molecular formula is C23H18N2O7. The number of carbonyl (C=O) groups excluding carboxylic acids is 4. The molecule has 0 unspecified atom stereocenters. The van der Waals surface area contributed by atoms with E-state index in [2.05, 4.69) is 0 Å². The highest BCUT2D eigenvalue weighted by atomic mass is 16.6. The summed E-state index contributed by atoms with van der Waals surface area (Å²) in [4.78, 5) is 49.8. The quantitative estimate of drug-likeness (QED) is 0.214. The Morgan fingerprint density at radius 1 is 1.06 bits per heavy atom. The van der Waals surface area contributed by atoms with Crippen LogP contribution in [0.15, 0.2) is 48.0 Å². The Hall–Kier alpha value is -4.45. The molecule has 1 aliphatic heterocycles. The third kappa shape index (κ3) is 4.49. The number of hydrogen-bond acceptors (Lipinski definition) is 8. The Labute approximate surface area is 183 Å². The molecular weight excluding hydrogens is 416 g/mol. The lowest BCUT2D eigenvalue weighted by molar-refractivity contribution is -0.138. The van der Waals surface area contributed by atoms with Crippen LogP contribution in [0.1, 0.15) is 33.2 Å². The highest BCUT2D eigenvalue weighted by Crippen LogP contribution is 2.30. The Kier molecular flexibility index (Phi) is 6.65. The number of esters is 2. The van der Waals surface area contributed by atoms with Crippen molar-refractivity contribution in [1.29, 1.82) is 5.26 Å². The molecule has 3 rings (SSSR count). The predicted octanol–water partition coefficient (Wildman–Crippen LogP) is 2.37. The maximum atomic E-state index is 12.4. The molecule has 0 saturated heterocycles. The smallest absolute Gasteiger partial charge is 0.348 e.